The van der Waals surface area contributed by atoms with Crippen LogP contribution in [0, 0.1) is 0 Å². The summed E-state index contributed by atoms with van der Waals surface area (Å²) in [5.41, 5.74) is -0.720. The summed E-state index contributed by atoms with van der Waals surface area (Å²) in [6.07, 6.45) is 5.81. The molecule has 3 rings (SSSR count). The van der Waals surface area contributed by atoms with Gasteiger partial charge in [-0.2, -0.15) is 0 Å². The number of amides is 1. The summed E-state index contributed by atoms with van der Waals surface area (Å²) in [5, 5.41) is 11.1. The Labute approximate surface area is 160 Å². The number of carbonyl (C=O) groups is 2. The molecule has 1 atom stereocenters. The maximum absolute atomic E-state index is 12.9. The van der Waals surface area contributed by atoms with Gasteiger partial charge < -0.3 is 14.4 Å². The fourth-order valence-corrected chi connectivity index (χ4v) is 3.47. The van der Waals surface area contributed by atoms with Crippen LogP contribution >= 0.6 is 15.9 Å². The molecule has 1 aliphatic heterocycles. The molecule has 1 aromatic carbocycles. The van der Waals surface area contributed by atoms with Crippen molar-refractivity contribution in [3.05, 3.63) is 58.5 Å². The van der Waals surface area contributed by atoms with Gasteiger partial charge in [0.05, 0.1) is 18.4 Å². The predicted molar refractivity (Wildman–Crippen MR) is 103 cm³/mol. The minimum atomic E-state index is -1.85. The standard InChI is InChI=1S/C20H20BrNO4/c1-2-3-10-22-18-9-6-14(21)12-17(18)20(25,19(22)24)13-15(23)7-8-16-5-4-11-26-16/h4-9,11-12,25H,2-3,10,13H2,1H3/b8-7-/t20-/m1/s1. The number of furan rings is 1. The summed E-state index contributed by atoms with van der Waals surface area (Å²) >= 11 is 3.38. The van der Waals surface area contributed by atoms with Gasteiger partial charge >= 0.3 is 0 Å². The molecule has 0 unspecified atom stereocenters. The molecule has 0 fully saturated rings. The average molecular weight is 418 g/mol. The fourth-order valence-electron chi connectivity index (χ4n) is 3.10. The van der Waals surface area contributed by atoms with E-state index in [-0.39, 0.29) is 12.2 Å². The summed E-state index contributed by atoms with van der Waals surface area (Å²) in [7, 11) is 0. The van der Waals surface area contributed by atoms with E-state index in [9.17, 15) is 14.7 Å². The number of benzene rings is 1. The van der Waals surface area contributed by atoms with Crippen molar-refractivity contribution in [2.75, 3.05) is 11.4 Å². The molecule has 6 heteroatoms. The lowest BCUT2D eigenvalue weighted by atomic mass is 9.90. The number of carbonyl (C=O) groups excluding carboxylic acids is 2. The van der Waals surface area contributed by atoms with Gasteiger partial charge in [0.15, 0.2) is 11.4 Å². The van der Waals surface area contributed by atoms with E-state index in [4.69, 9.17) is 4.42 Å². The Bertz CT molecular complexity index is 844. The highest BCUT2D eigenvalue weighted by molar-refractivity contribution is 9.10. The molecule has 0 saturated heterocycles. The third kappa shape index (κ3) is 3.52. The molecule has 0 saturated carbocycles. The Balaban J connectivity index is 1.88. The predicted octanol–water partition coefficient (Wildman–Crippen LogP) is 4.05. The summed E-state index contributed by atoms with van der Waals surface area (Å²) in [5.74, 6) is -0.255. The number of nitrogens with zero attached hydrogens (tertiary/aromatic N) is 1. The molecule has 2 heterocycles. The highest BCUT2D eigenvalue weighted by Gasteiger charge is 2.50. The molecule has 0 spiro atoms. The fraction of sp³-hybridized carbons (Fsp3) is 0.300. The molecule has 2 aromatic rings. The second kappa shape index (κ2) is 7.60. The molecule has 0 aliphatic carbocycles. The van der Waals surface area contributed by atoms with E-state index in [0.29, 0.717) is 23.6 Å². The Kier molecular flexibility index (Phi) is 5.44. The second-order valence-corrected chi connectivity index (χ2v) is 7.24. The van der Waals surface area contributed by atoms with Gasteiger partial charge in [-0.05, 0) is 48.9 Å². The van der Waals surface area contributed by atoms with E-state index in [1.165, 1.54) is 18.4 Å². The van der Waals surface area contributed by atoms with Crippen molar-refractivity contribution in [1.29, 1.82) is 0 Å². The van der Waals surface area contributed by atoms with E-state index >= 15 is 0 Å². The Hall–Kier alpha value is -2.18. The number of aliphatic hydroxyl groups is 1. The highest BCUT2D eigenvalue weighted by atomic mass is 79.9. The van der Waals surface area contributed by atoms with Crippen LogP contribution in [0.25, 0.3) is 6.08 Å². The molecule has 0 bridgehead atoms. The first-order chi connectivity index (χ1) is 12.5. The van der Waals surface area contributed by atoms with Gasteiger partial charge in [0, 0.05) is 16.6 Å². The van der Waals surface area contributed by atoms with Crippen LogP contribution in [0.5, 0.6) is 0 Å². The zero-order valence-corrected chi connectivity index (χ0v) is 16.0. The number of ketones is 1. The van der Waals surface area contributed by atoms with E-state index in [1.807, 2.05) is 13.0 Å². The first-order valence-electron chi connectivity index (χ1n) is 8.54. The maximum atomic E-state index is 12.9. The van der Waals surface area contributed by atoms with Crippen molar-refractivity contribution >= 4 is 39.4 Å². The number of anilines is 1. The molecule has 1 aromatic heterocycles. The number of unbranched alkanes of at least 4 members (excludes halogenated alkanes) is 1. The molecule has 1 N–H and O–H groups in total. The van der Waals surface area contributed by atoms with E-state index in [0.717, 1.165) is 17.3 Å². The minimum absolute atomic E-state index is 0.310. The summed E-state index contributed by atoms with van der Waals surface area (Å²) in [6.45, 7) is 2.56. The Morgan fingerprint density at radius 3 is 2.88 bits per heavy atom. The molecule has 136 valence electrons. The van der Waals surface area contributed by atoms with Crippen LogP contribution in [0.15, 0.2) is 51.6 Å². The summed E-state index contributed by atoms with van der Waals surface area (Å²) in [4.78, 5) is 26.9. The molecule has 5 nitrogen and oxygen atoms in total. The SMILES string of the molecule is CCCCN1C(=O)[C@@](O)(CC(=O)/C=C\c2ccco2)c2cc(Br)ccc21. The van der Waals surface area contributed by atoms with Crippen LogP contribution in [0.2, 0.25) is 0 Å². The second-order valence-electron chi connectivity index (χ2n) is 6.32. The lowest BCUT2D eigenvalue weighted by molar-refractivity contribution is -0.140. The first kappa shape index (κ1) is 18.6. The van der Waals surface area contributed by atoms with Crippen LogP contribution < -0.4 is 4.90 Å². The zero-order chi connectivity index (χ0) is 18.7. The van der Waals surface area contributed by atoms with Crippen LogP contribution in [0.3, 0.4) is 0 Å². The maximum Gasteiger partial charge on any atom is 0.264 e. The minimum Gasteiger partial charge on any atom is -0.465 e. The van der Waals surface area contributed by atoms with Crippen LogP contribution in [-0.4, -0.2) is 23.3 Å². The van der Waals surface area contributed by atoms with Crippen molar-refractivity contribution in [2.45, 2.75) is 31.8 Å². The number of hydrogen-bond donors (Lipinski definition) is 1. The van der Waals surface area contributed by atoms with Crippen LogP contribution in [0.4, 0.5) is 5.69 Å². The van der Waals surface area contributed by atoms with Gasteiger partial charge in [-0.3, -0.25) is 9.59 Å². The number of hydrogen-bond acceptors (Lipinski definition) is 4. The van der Waals surface area contributed by atoms with Crippen molar-refractivity contribution < 1.29 is 19.1 Å². The summed E-state index contributed by atoms with van der Waals surface area (Å²) in [6, 6.07) is 8.78. The largest absolute Gasteiger partial charge is 0.465 e. The van der Waals surface area contributed by atoms with Gasteiger partial charge in [-0.15, -0.1) is 0 Å². The first-order valence-corrected chi connectivity index (χ1v) is 9.34. The molecule has 1 amide bonds. The lowest BCUT2D eigenvalue weighted by Crippen LogP contribution is -2.42. The quantitative estimate of drug-likeness (QED) is 0.689. The van der Waals surface area contributed by atoms with Crippen molar-refractivity contribution in [1.82, 2.24) is 0 Å². The smallest absolute Gasteiger partial charge is 0.264 e. The van der Waals surface area contributed by atoms with Crippen molar-refractivity contribution in [3.8, 4) is 0 Å². The van der Waals surface area contributed by atoms with Crippen LogP contribution in [0.1, 0.15) is 37.5 Å². The number of rotatable bonds is 7. The summed E-state index contributed by atoms with van der Waals surface area (Å²) < 4.78 is 5.90. The molecular weight excluding hydrogens is 398 g/mol. The number of fused-ring (bicyclic) bond motifs is 1. The monoisotopic (exact) mass is 417 g/mol. The Morgan fingerprint density at radius 2 is 2.19 bits per heavy atom. The third-order valence-corrected chi connectivity index (χ3v) is 4.93. The molecule has 1 aliphatic rings. The van der Waals surface area contributed by atoms with E-state index in [2.05, 4.69) is 15.9 Å². The van der Waals surface area contributed by atoms with Gasteiger partial charge in [-0.25, -0.2) is 0 Å². The van der Waals surface area contributed by atoms with E-state index < -0.39 is 11.5 Å². The van der Waals surface area contributed by atoms with Gasteiger partial charge in [0.25, 0.3) is 5.91 Å². The average Bonchev–Trinajstić information content (AvgIpc) is 3.20. The normalized spacial score (nSPS) is 19.3. The number of allylic oxidation sites excluding steroid dienone is 1. The molecule has 26 heavy (non-hydrogen) atoms. The topological polar surface area (TPSA) is 70.8 Å². The van der Waals surface area contributed by atoms with Gasteiger partial charge in [-0.1, -0.05) is 29.3 Å². The van der Waals surface area contributed by atoms with Crippen LogP contribution in [-0.2, 0) is 15.2 Å². The highest BCUT2D eigenvalue weighted by Crippen LogP contribution is 2.43. The van der Waals surface area contributed by atoms with Crippen molar-refractivity contribution in [2.24, 2.45) is 0 Å². The van der Waals surface area contributed by atoms with Gasteiger partial charge in [0.1, 0.15) is 5.76 Å². The number of halogens is 1. The van der Waals surface area contributed by atoms with Crippen molar-refractivity contribution in [3.63, 3.8) is 0 Å². The molecule has 0 radical (unpaired) electrons. The lowest BCUT2D eigenvalue weighted by Gasteiger charge is -2.22. The zero-order valence-electron chi connectivity index (χ0n) is 14.4. The third-order valence-electron chi connectivity index (χ3n) is 4.44. The molecular formula is C20H20BrNO4. The van der Waals surface area contributed by atoms with E-state index in [1.54, 1.807) is 29.2 Å². The van der Waals surface area contributed by atoms with Gasteiger partial charge in [0.2, 0.25) is 0 Å². The Morgan fingerprint density at radius 1 is 1.38 bits per heavy atom.